The van der Waals surface area contributed by atoms with Crippen LogP contribution in [0.3, 0.4) is 0 Å². The third-order valence-corrected chi connectivity index (χ3v) is 4.67. The molecule has 2 aromatic heterocycles. The Morgan fingerprint density at radius 1 is 0.800 bits per heavy atom. The van der Waals surface area contributed by atoms with Crippen LogP contribution in [0.25, 0.3) is 22.2 Å². The van der Waals surface area contributed by atoms with Crippen LogP contribution >= 0.6 is 0 Å². The molecular formula is C21H21N5O4. The van der Waals surface area contributed by atoms with Crippen molar-refractivity contribution in [3.05, 3.63) is 48.8 Å². The maximum absolute atomic E-state index is 5.48. The number of hydrogen-bond acceptors (Lipinski definition) is 8. The molecule has 0 radical (unpaired) electrons. The maximum Gasteiger partial charge on any atom is 0.162 e. The molecule has 0 saturated heterocycles. The van der Waals surface area contributed by atoms with Crippen LogP contribution < -0.4 is 18.9 Å². The first-order valence-corrected chi connectivity index (χ1v) is 9.14. The molecule has 0 amide bonds. The van der Waals surface area contributed by atoms with Gasteiger partial charge in [0.15, 0.2) is 28.8 Å². The summed E-state index contributed by atoms with van der Waals surface area (Å²) in [5.41, 5.74) is 2.31. The van der Waals surface area contributed by atoms with Crippen molar-refractivity contribution in [2.45, 2.75) is 6.54 Å². The first-order valence-electron chi connectivity index (χ1n) is 9.14. The Kier molecular flexibility index (Phi) is 5.34. The first kappa shape index (κ1) is 19.4. The lowest BCUT2D eigenvalue weighted by Gasteiger charge is -2.14. The third kappa shape index (κ3) is 3.57. The Hall–Kier alpha value is -3.88. The quantitative estimate of drug-likeness (QED) is 0.462. The summed E-state index contributed by atoms with van der Waals surface area (Å²) in [4.78, 5) is 13.5. The monoisotopic (exact) mass is 407 g/mol. The number of fused-ring (bicyclic) bond motifs is 1. The number of hydrogen-bond donors (Lipinski definition) is 0. The van der Waals surface area contributed by atoms with Crippen molar-refractivity contribution in [2.24, 2.45) is 0 Å². The molecule has 0 aliphatic heterocycles. The normalized spacial score (nSPS) is 10.8. The summed E-state index contributed by atoms with van der Waals surface area (Å²) in [5.74, 6) is 3.03. The first-order chi connectivity index (χ1) is 14.7. The van der Waals surface area contributed by atoms with Gasteiger partial charge in [0.1, 0.15) is 19.2 Å². The topological polar surface area (TPSA) is 93.4 Å². The van der Waals surface area contributed by atoms with E-state index in [0.29, 0.717) is 35.4 Å². The molecule has 0 aliphatic rings. The van der Waals surface area contributed by atoms with E-state index in [9.17, 15) is 0 Å². The molecule has 154 valence electrons. The minimum atomic E-state index is 0.380. The van der Waals surface area contributed by atoms with E-state index in [1.54, 1.807) is 39.4 Å². The highest BCUT2D eigenvalue weighted by atomic mass is 16.5. The summed E-state index contributed by atoms with van der Waals surface area (Å²) in [5, 5.41) is 4.97. The second-order valence-electron chi connectivity index (χ2n) is 6.38. The van der Waals surface area contributed by atoms with Crippen molar-refractivity contribution in [3.8, 4) is 34.3 Å². The molecule has 0 saturated carbocycles. The third-order valence-electron chi connectivity index (χ3n) is 4.67. The molecule has 4 rings (SSSR count). The van der Waals surface area contributed by atoms with Crippen LogP contribution in [0.1, 0.15) is 5.82 Å². The number of methoxy groups -OCH3 is 4. The van der Waals surface area contributed by atoms with Crippen molar-refractivity contribution in [1.29, 1.82) is 0 Å². The summed E-state index contributed by atoms with van der Waals surface area (Å²) in [6.45, 7) is 0.380. The average molecular weight is 407 g/mol. The molecule has 9 heteroatoms. The largest absolute Gasteiger partial charge is 0.493 e. The Labute approximate surface area is 173 Å². The summed E-state index contributed by atoms with van der Waals surface area (Å²) in [6.07, 6.45) is 3.10. The molecule has 0 bridgehead atoms. The molecule has 2 heterocycles. The van der Waals surface area contributed by atoms with E-state index < -0.39 is 0 Å². The van der Waals surface area contributed by atoms with Crippen LogP contribution in [0.2, 0.25) is 0 Å². The van der Waals surface area contributed by atoms with Crippen molar-refractivity contribution in [2.75, 3.05) is 28.4 Å². The highest BCUT2D eigenvalue weighted by Gasteiger charge is 2.16. The predicted octanol–water partition coefficient (Wildman–Crippen LogP) is 2.97. The van der Waals surface area contributed by atoms with Gasteiger partial charge in [0, 0.05) is 17.0 Å². The molecule has 9 nitrogen and oxygen atoms in total. The standard InChI is InChI=1S/C21H21N5O4/c1-27-16-6-5-13(7-17(16)28-2)21-14-8-18(29-3)19(30-4)9-15(14)24-20(25-21)10-26-12-22-11-23-26/h5-9,11-12H,10H2,1-4H3. The summed E-state index contributed by atoms with van der Waals surface area (Å²) < 4.78 is 23.4. The molecule has 0 aliphatic carbocycles. The van der Waals surface area contributed by atoms with Crippen LogP contribution in [-0.4, -0.2) is 53.2 Å². The second-order valence-corrected chi connectivity index (χ2v) is 6.38. The van der Waals surface area contributed by atoms with Gasteiger partial charge in [0.2, 0.25) is 0 Å². The highest BCUT2D eigenvalue weighted by Crippen LogP contribution is 2.38. The van der Waals surface area contributed by atoms with Gasteiger partial charge in [-0.05, 0) is 24.3 Å². The second kappa shape index (κ2) is 8.24. The smallest absolute Gasteiger partial charge is 0.162 e. The zero-order valence-electron chi connectivity index (χ0n) is 17.1. The van der Waals surface area contributed by atoms with Crippen molar-refractivity contribution < 1.29 is 18.9 Å². The zero-order chi connectivity index (χ0) is 21.1. The van der Waals surface area contributed by atoms with Crippen LogP contribution in [0.4, 0.5) is 0 Å². The molecule has 2 aromatic carbocycles. The number of ether oxygens (including phenoxy) is 4. The van der Waals surface area contributed by atoms with Gasteiger partial charge >= 0.3 is 0 Å². The van der Waals surface area contributed by atoms with Crippen LogP contribution in [0.15, 0.2) is 43.0 Å². The number of aromatic nitrogens is 5. The Morgan fingerprint density at radius 3 is 2.17 bits per heavy atom. The average Bonchev–Trinajstić information content (AvgIpc) is 3.30. The van der Waals surface area contributed by atoms with E-state index in [0.717, 1.165) is 22.2 Å². The minimum absolute atomic E-state index is 0.380. The molecular weight excluding hydrogens is 386 g/mol. The van der Waals surface area contributed by atoms with Crippen LogP contribution in [0, 0.1) is 0 Å². The van der Waals surface area contributed by atoms with Crippen molar-refractivity contribution in [3.63, 3.8) is 0 Å². The minimum Gasteiger partial charge on any atom is -0.493 e. The Morgan fingerprint density at radius 2 is 1.50 bits per heavy atom. The summed E-state index contributed by atoms with van der Waals surface area (Å²) >= 11 is 0. The van der Waals surface area contributed by atoms with Gasteiger partial charge in [0.05, 0.1) is 39.6 Å². The Balaban J connectivity index is 1.95. The molecule has 0 atom stereocenters. The molecule has 4 aromatic rings. The summed E-state index contributed by atoms with van der Waals surface area (Å²) in [6, 6.07) is 9.37. The lowest BCUT2D eigenvalue weighted by Crippen LogP contribution is -2.06. The van der Waals surface area contributed by atoms with Gasteiger partial charge in [-0.15, -0.1) is 0 Å². The molecule has 30 heavy (non-hydrogen) atoms. The van der Waals surface area contributed by atoms with E-state index in [-0.39, 0.29) is 0 Å². The molecule has 0 fully saturated rings. The highest BCUT2D eigenvalue weighted by molar-refractivity contribution is 5.94. The Bertz CT molecular complexity index is 1180. The van der Waals surface area contributed by atoms with Gasteiger partial charge in [-0.2, -0.15) is 5.10 Å². The van der Waals surface area contributed by atoms with E-state index in [2.05, 4.69) is 10.1 Å². The van der Waals surface area contributed by atoms with Crippen LogP contribution in [0.5, 0.6) is 23.0 Å². The van der Waals surface area contributed by atoms with Gasteiger partial charge in [-0.25, -0.2) is 19.6 Å². The molecule has 0 unspecified atom stereocenters. The van der Waals surface area contributed by atoms with Crippen LogP contribution in [-0.2, 0) is 6.54 Å². The summed E-state index contributed by atoms with van der Waals surface area (Å²) in [7, 11) is 6.39. The van der Waals surface area contributed by atoms with Crippen molar-refractivity contribution >= 4 is 10.9 Å². The fraction of sp³-hybridized carbons (Fsp3) is 0.238. The van der Waals surface area contributed by atoms with Gasteiger partial charge in [-0.3, -0.25) is 0 Å². The van der Waals surface area contributed by atoms with E-state index in [4.69, 9.17) is 28.9 Å². The fourth-order valence-electron chi connectivity index (χ4n) is 3.24. The van der Waals surface area contributed by atoms with Gasteiger partial charge < -0.3 is 18.9 Å². The zero-order valence-corrected chi connectivity index (χ0v) is 17.1. The lowest BCUT2D eigenvalue weighted by atomic mass is 10.0. The molecule has 0 N–H and O–H groups in total. The lowest BCUT2D eigenvalue weighted by molar-refractivity contribution is 0.355. The van der Waals surface area contributed by atoms with E-state index >= 15 is 0 Å². The number of nitrogens with zero attached hydrogens (tertiary/aromatic N) is 5. The molecule has 0 spiro atoms. The maximum atomic E-state index is 5.48. The van der Waals surface area contributed by atoms with Crippen molar-refractivity contribution in [1.82, 2.24) is 24.7 Å². The van der Waals surface area contributed by atoms with E-state index in [1.165, 1.54) is 6.33 Å². The van der Waals surface area contributed by atoms with E-state index in [1.807, 2.05) is 30.3 Å². The van der Waals surface area contributed by atoms with Gasteiger partial charge in [0.25, 0.3) is 0 Å². The number of benzene rings is 2. The fourth-order valence-corrected chi connectivity index (χ4v) is 3.24. The number of rotatable bonds is 7. The van der Waals surface area contributed by atoms with Gasteiger partial charge in [-0.1, -0.05) is 0 Å². The predicted molar refractivity (Wildman–Crippen MR) is 110 cm³/mol. The SMILES string of the molecule is COc1ccc(-c2nc(Cn3cncn3)nc3cc(OC)c(OC)cc23)cc1OC.